The van der Waals surface area contributed by atoms with Gasteiger partial charge in [0.15, 0.2) is 0 Å². The van der Waals surface area contributed by atoms with Gasteiger partial charge in [-0.1, -0.05) is 0 Å². The molecule has 0 spiro atoms. The summed E-state index contributed by atoms with van der Waals surface area (Å²) in [7, 11) is 0. The lowest BCUT2D eigenvalue weighted by Gasteiger charge is -2.30. The maximum absolute atomic E-state index is 4.26. The molecule has 0 atom stereocenters. The Bertz CT molecular complexity index is 312. The second-order valence-electron chi connectivity index (χ2n) is 4.95. The third-order valence-electron chi connectivity index (χ3n) is 2.84. The van der Waals surface area contributed by atoms with E-state index in [1.807, 2.05) is 13.1 Å². The van der Waals surface area contributed by atoms with Gasteiger partial charge in [0.2, 0.25) is 0 Å². The van der Waals surface area contributed by atoms with E-state index in [1.165, 1.54) is 4.88 Å². The minimum absolute atomic E-state index is 0.613. The fraction of sp³-hybridized carbons (Fsp3) is 0.769. The lowest BCUT2D eigenvalue weighted by molar-refractivity contribution is 0.176. The molecule has 0 amide bonds. The zero-order valence-corrected chi connectivity index (χ0v) is 12.5. The zero-order chi connectivity index (χ0) is 12.8. The Kier molecular flexibility index (Phi) is 6.09. The second-order valence-corrected chi connectivity index (χ2v) is 6.27. The Balaban J connectivity index is 2.23. The van der Waals surface area contributed by atoms with E-state index in [4.69, 9.17) is 0 Å². The van der Waals surface area contributed by atoms with E-state index >= 15 is 0 Å². The molecule has 0 saturated carbocycles. The third-order valence-corrected chi connectivity index (χ3v) is 3.75. The number of aryl methyl sites for hydroxylation is 1. The van der Waals surface area contributed by atoms with Crippen LogP contribution in [0.1, 0.15) is 37.6 Å². The van der Waals surface area contributed by atoms with E-state index in [1.54, 1.807) is 11.3 Å². The van der Waals surface area contributed by atoms with Crippen molar-refractivity contribution in [3.63, 3.8) is 0 Å². The summed E-state index contributed by atoms with van der Waals surface area (Å²) in [5.74, 6) is 0. The summed E-state index contributed by atoms with van der Waals surface area (Å²) in [6.07, 6.45) is 1.97. The maximum Gasteiger partial charge on any atom is 0.0897 e. The predicted molar refractivity (Wildman–Crippen MR) is 75.5 cm³/mol. The standard InChI is InChI=1S/C13H25N3S/c1-10(2)16(11(3)4)7-6-14-8-13-9-15-12(5)17-13/h9-11,14H,6-8H2,1-5H3. The molecular formula is C13H25N3S. The minimum atomic E-state index is 0.613. The Morgan fingerprint density at radius 1 is 1.29 bits per heavy atom. The molecule has 0 aliphatic rings. The van der Waals surface area contributed by atoms with Gasteiger partial charge < -0.3 is 5.32 Å². The fourth-order valence-corrected chi connectivity index (χ4v) is 2.78. The van der Waals surface area contributed by atoms with Gasteiger partial charge in [-0.2, -0.15) is 0 Å². The van der Waals surface area contributed by atoms with Crippen molar-refractivity contribution in [2.24, 2.45) is 0 Å². The average Bonchev–Trinajstić information content (AvgIpc) is 2.62. The fourth-order valence-electron chi connectivity index (χ4n) is 2.02. The highest BCUT2D eigenvalue weighted by molar-refractivity contribution is 7.11. The molecule has 1 N–H and O–H groups in total. The van der Waals surface area contributed by atoms with Crippen LogP contribution in [0.5, 0.6) is 0 Å². The first-order chi connectivity index (χ1) is 8.00. The molecule has 1 rings (SSSR count). The third kappa shape index (κ3) is 5.15. The zero-order valence-electron chi connectivity index (χ0n) is 11.7. The highest BCUT2D eigenvalue weighted by Crippen LogP contribution is 2.10. The van der Waals surface area contributed by atoms with Crippen LogP contribution in [-0.4, -0.2) is 35.1 Å². The van der Waals surface area contributed by atoms with Gasteiger partial charge in [-0.15, -0.1) is 11.3 Å². The molecule has 98 valence electrons. The van der Waals surface area contributed by atoms with Crippen LogP contribution in [0.15, 0.2) is 6.20 Å². The monoisotopic (exact) mass is 255 g/mol. The van der Waals surface area contributed by atoms with E-state index < -0.39 is 0 Å². The number of thiazole rings is 1. The Labute approximate surface area is 109 Å². The number of nitrogens with one attached hydrogen (secondary N) is 1. The van der Waals surface area contributed by atoms with Crippen LogP contribution in [0.3, 0.4) is 0 Å². The van der Waals surface area contributed by atoms with E-state index in [2.05, 4.69) is 42.9 Å². The van der Waals surface area contributed by atoms with E-state index in [9.17, 15) is 0 Å². The normalized spacial score (nSPS) is 12.0. The molecule has 17 heavy (non-hydrogen) atoms. The molecule has 1 aromatic heterocycles. The van der Waals surface area contributed by atoms with Crippen LogP contribution >= 0.6 is 11.3 Å². The van der Waals surface area contributed by atoms with Crippen molar-refractivity contribution in [3.8, 4) is 0 Å². The van der Waals surface area contributed by atoms with Gasteiger partial charge in [0.1, 0.15) is 0 Å². The van der Waals surface area contributed by atoms with Gasteiger partial charge >= 0.3 is 0 Å². The number of nitrogens with zero attached hydrogens (tertiary/aromatic N) is 2. The van der Waals surface area contributed by atoms with Crippen LogP contribution in [0.25, 0.3) is 0 Å². The Hall–Kier alpha value is -0.450. The Morgan fingerprint density at radius 3 is 2.41 bits per heavy atom. The quantitative estimate of drug-likeness (QED) is 0.759. The molecule has 0 saturated heterocycles. The maximum atomic E-state index is 4.26. The second kappa shape index (κ2) is 7.09. The number of rotatable bonds is 7. The topological polar surface area (TPSA) is 28.2 Å². The van der Waals surface area contributed by atoms with E-state index in [0.29, 0.717) is 12.1 Å². The summed E-state index contributed by atoms with van der Waals surface area (Å²) in [6.45, 7) is 14.2. The molecule has 0 aliphatic heterocycles. The van der Waals surface area contributed by atoms with Crippen LogP contribution in [0.4, 0.5) is 0 Å². The molecule has 1 heterocycles. The molecule has 0 aliphatic carbocycles. The van der Waals surface area contributed by atoms with Gasteiger partial charge in [-0.05, 0) is 34.6 Å². The van der Waals surface area contributed by atoms with Crippen molar-refractivity contribution in [1.82, 2.24) is 15.2 Å². The van der Waals surface area contributed by atoms with Crippen molar-refractivity contribution in [2.75, 3.05) is 13.1 Å². The van der Waals surface area contributed by atoms with Gasteiger partial charge in [-0.25, -0.2) is 4.98 Å². The average molecular weight is 255 g/mol. The summed E-state index contributed by atoms with van der Waals surface area (Å²) >= 11 is 1.77. The van der Waals surface area contributed by atoms with Gasteiger partial charge in [0.05, 0.1) is 5.01 Å². The minimum Gasteiger partial charge on any atom is -0.311 e. The summed E-state index contributed by atoms with van der Waals surface area (Å²) < 4.78 is 0. The molecule has 0 aromatic carbocycles. The first-order valence-electron chi connectivity index (χ1n) is 6.38. The van der Waals surface area contributed by atoms with Crippen LogP contribution < -0.4 is 5.32 Å². The molecule has 0 unspecified atom stereocenters. The smallest absolute Gasteiger partial charge is 0.0897 e. The van der Waals surface area contributed by atoms with Crippen molar-refractivity contribution in [3.05, 3.63) is 16.1 Å². The molecule has 0 fully saturated rings. The number of aromatic nitrogens is 1. The van der Waals surface area contributed by atoms with E-state index in [-0.39, 0.29) is 0 Å². The predicted octanol–water partition coefficient (Wildman–Crippen LogP) is 2.66. The summed E-state index contributed by atoms with van der Waals surface area (Å²) in [5.41, 5.74) is 0. The summed E-state index contributed by atoms with van der Waals surface area (Å²) in [5, 5.41) is 4.63. The van der Waals surface area contributed by atoms with E-state index in [0.717, 1.165) is 24.6 Å². The van der Waals surface area contributed by atoms with Gasteiger partial charge in [-0.3, -0.25) is 4.90 Å². The molecular weight excluding hydrogens is 230 g/mol. The first kappa shape index (κ1) is 14.6. The Morgan fingerprint density at radius 2 is 1.94 bits per heavy atom. The molecule has 4 heteroatoms. The van der Waals surface area contributed by atoms with Gasteiger partial charge in [0.25, 0.3) is 0 Å². The highest BCUT2D eigenvalue weighted by Gasteiger charge is 2.12. The molecule has 1 aromatic rings. The van der Waals surface area contributed by atoms with Crippen LogP contribution in [-0.2, 0) is 6.54 Å². The largest absolute Gasteiger partial charge is 0.311 e. The van der Waals surface area contributed by atoms with Crippen LogP contribution in [0.2, 0.25) is 0 Å². The lowest BCUT2D eigenvalue weighted by Crippen LogP contribution is -2.41. The SMILES string of the molecule is Cc1ncc(CNCCN(C(C)C)C(C)C)s1. The lowest BCUT2D eigenvalue weighted by atomic mass is 10.2. The number of hydrogen-bond acceptors (Lipinski definition) is 4. The van der Waals surface area contributed by atoms with Crippen molar-refractivity contribution >= 4 is 11.3 Å². The number of hydrogen-bond donors (Lipinski definition) is 1. The van der Waals surface area contributed by atoms with Gasteiger partial charge in [0, 0.05) is 42.8 Å². The summed E-state index contributed by atoms with van der Waals surface area (Å²) in [6, 6.07) is 1.23. The summed E-state index contributed by atoms with van der Waals surface area (Å²) in [4.78, 5) is 8.08. The van der Waals surface area contributed by atoms with Crippen molar-refractivity contribution in [2.45, 2.75) is 53.2 Å². The first-order valence-corrected chi connectivity index (χ1v) is 7.20. The molecule has 3 nitrogen and oxygen atoms in total. The molecule has 0 radical (unpaired) electrons. The van der Waals surface area contributed by atoms with Crippen LogP contribution in [0, 0.1) is 6.92 Å². The van der Waals surface area contributed by atoms with Crippen molar-refractivity contribution < 1.29 is 0 Å². The van der Waals surface area contributed by atoms with Crippen molar-refractivity contribution in [1.29, 1.82) is 0 Å². The highest BCUT2D eigenvalue weighted by atomic mass is 32.1. The molecule has 0 bridgehead atoms.